The van der Waals surface area contributed by atoms with E-state index < -0.39 is 12.0 Å². The Balaban J connectivity index is 2.22. The fourth-order valence-electron chi connectivity index (χ4n) is 1.42. The number of carboxylic acids is 1. The van der Waals surface area contributed by atoms with E-state index in [-0.39, 0.29) is 6.04 Å². The molecule has 4 N–H and O–H groups in total. The lowest BCUT2D eigenvalue weighted by Crippen LogP contribution is -2.62. The fraction of sp³-hybridized carbons (Fsp3) is 0.429. The fourth-order valence-corrected chi connectivity index (χ4v) is 1.42. The highest BCUT2D eigenvalue weighted by atomic mass is 16.4. The molecule has 2 heterocycles. The average molecular weight is 182 g/mol. The maximum atomic E-state index is 10.8. The van der Waals surface area contributed by atoms with E-state index in [9.17, 15) is 4.79 Å². The van der Waals surface area contributed by atoms with Crippen molar-refractivity contribution in [2.24, 2.45) is 4.99 Å². The number of hydrogen-bond acceptors (Lipinski definition) is 5. The van der Waals surface area contributed by atoms with Crippen molar-refractivity contribution >= 4 is 11.8 Å². The zero-order valence-electron chi connectivity index (χ0n) is 6.82. The van der Waals surface area contributed by atoms with E-state index in [1.807, 2.05) is 0 Å². The van der Waals surface area contributed by atoms with Gasteiger partial charge >= 0.3 is 5.97 Å². The highest BCUT2D eigenvalue weighted by molar-refractivity contribution is 5.95. The smallest absolute Gasteiger partial charge is 0.323 e. The number of aliphatic imine (C=N–C) groups is 1. The van der Waals surface area contributed by atoms with Gasteiger partial charge in [0.05, 0.1) is 6.67 Å². The van der Waals surface area contributed by atoms with Crippen molar-refractivity contribution in [3.05, 3.63) is 12.4 Å². The van der Waals surface area contributed by atoms with Gasteiger partial charge in [0.1, 0.15) is 17.9 Å². The molecule has 0 aliphatic carbocycles. The molecule has 13 heavy (non-hydrogen) atoms. The number of amidine groups is 1. The molecule has 2 aliphatic rings. The summed E-state index contributed by atoms with van der Waals surface area (Å²) in [6.45, 7) is 0.339. The Morgan fingerprint density at radius 2 is 2.46 bits per heavy atom. The summed E-state index contributed by atoms with van der Waals surface area (Å²) < 4.78 is 0. The van der Waals surface area contributed by atoms with E-state index in [0.717, 1.165) is 0 Å². The summed E-state index contributed by atoms with van der Waals surface area (Å²) in [6.07, 6.45) is 3.37. The molecule has 2 atom stereocenters. The standard InChI is InChI=1S/C7H10N4O2/c12-7(13)5-4-6(11-3-10-5)9-2-1-8-4/h1-2,4-5,8,10H,3H2,(H,9,11)(H,12,13). The van der Waals surface area contributed by atoms with Crippen molar-refractivity contribution in [3.8, 4) is 0 Å². The third kappa shape index (κ3) is 1.35. The van der Waals surface area contributed by atoms with Crippen LogP contribution in [0.25, 0.3) is 0 Å². The Labute approximate surface area is 74.7 Å². The third-order valence-corrected chi connectivity index (χ3v) is 2.04. The molecule has 0 bridgehead atoms. The second-order valence-electron chi connectivity index (χ2n) is 2.84. The van der Waals surface area contributed by atoms with E-state index in [1.165, 1.54) is 0 Å². The normalized spacial score (nSPS) is 30.9. The molecule has 2 rings (SSSR count). The van der Waals surface area contributed by atoms with Crippen LogP contribution in [0.1, 0.15) is 0 Å². The molecule has 0 amide bonds. The molecule has 0 spiro atoms. The van der Waals surface area contributed by atoms with Crippen molar-refractivity contribution in [2.75, 3.05) is 6.67 Å². The van der Waals surface area contributed by atoms with Crippen LogP contribution in [0.15, 0.2) is 17.4 Å². The van der Waals surface area contributed by atoms with Gasteiger partial charge in [-0.15, -0.1) is 0 Å². The van der Waals surface area contributed by atoms with Gasteiger partial charge < -0.3 is 15.7 Å². The summed E-state index contributed by atoms with van der Waals surface area (Å²) in [4.78, 5) is 14.9. The van der Waals surface area contributed by atoms with Gasteiger partial charge in [0.25, 0.3) is 0 Å². The van der Waals surface area contributed by atoms with Crippen molar-refractivity contribution in [1.29, 1.82) is 0 Å². The number of aliphatic carboxylic acids is 1. The lowest BCUT2D eigenvalue weighted by molar-refractivity contribution is -0.139. The topological polar surface area (TPSA) is 85.8 Å². The molecule has 0 aromatic heterocycles. The summed E-state index contributed by atoms with van der Waals surface area (Å²) in [5.74, 6) is -0.198. The molecule has 0 saturated carbocycles. The first kappa shape index (κ1) is 8.06. The molecular weight excluding hydrogens is 172 g/mol. The summed E-state index contributed by atoms with van der Waals surface area (Å²) in [5.41, 5.74) is 0. The molecule has 6 nitrogen and oxygen atoms in total. The van der Waals surface area contributed by atoms with E-state index in [2.05, 4.69) is 20.9 Å². The summed E-state index contributed by atoms with van der Waals surface area (Å²) in [6, 6.07) is -0.916. The molecule has 0 saturated heterocycles. The predicted octanol–water partition coefficient (Wildman–Crippen LogP) is -1.57. The zero-order valence-corrected chi connectivity index (χ0v) is 6.82. The maximum Gasteiger partial charge on any atom is 0.323 e. The van der Waals surface area contributed by atoms with Crippen molar-refractivity contribution in [1.82, 2.24) is 16.0 Å². The van der Waals surface area contributed by atoms with Gasteiger partial charge in [-0.1, -0.05) is 0 Å². The van der Waals surface area contributed by atoms with Gasteiger partial charge in [-0.25, -0.2) is 0 Å². The van der Waals surface area contributed by atoms with Crippen LogP contribution in [0, 0.1) is 0 Å². The quantitative estimate of drug-likeness (QED) is 0.394. The lowest BCUT2D eigenvalue weighted by atomic mass is 10.1. The zero-order chi connectivity index (χ0) is 9.26. The minimum atomic E-state index is -0.873. The first-order valence-electron chi connectivity index (χ1n) is 3.97. The largest absolute Gasteiger partial charge is 0.480 e. The number of carboxylic acid groups (broad SMARTS) is 1. The van der Waals surface area contributed by atoms with Crippen molar-refractivity contribution in [2.45, 2.75) is 12.1 Å². The Morgan fingerprint density at radius 3 is 3.23 bits per heavy atom. The summed E-state index contributed by atoms with van der Waals surface area (Å²) in [5, 5.41) is 17.5. The van der Waals surface area contributed by atoms with Crippen LogP contribution in [-0.4, -0.2) is 35.7 Å². The van der Waals surface area contributed by atoms with E-state index >= 15 is 0 Å². The SMILES string of the molecule is O=C(O)C1NCN=C2NC=CNC21. The average Bonchev–Trinajstić information content (AvgIpc) is 2.17. The molecule has 6 heteroatoms. The van der Waals surface area contributed by atoms with Gasteiger partial charge in [0.2, 0.25) is 0 Å². The second kappa shape index (κ2) is 3.06. The second-order valence-corrected chi connectivity index (χ2v) is 2.84. The van der Waals surface area contributed by atoms with E-state index in [1.54, 1.807) is 12.4 Å². The van der Waals surface area contributed by atoms with Crippen LogP contribution in [0.2, 0.25) is 0 Å². The van der Waals surface area contributed by atoms with E-state index in [4.69, 9.17) is 5.11 Å². The van der Waals surface area contributed by atoms with Crippen LogP contribution < -0.4 is 16.0 Å². The molecule has 0 fully saturated rings. The monoisotopic (exact) mass is 182 g/mol. The Morgan fingerprint density at radius 1 is 1.62 bits per heavy atom. The van der Waals surface area contributed by atoms with Crippen LogP contribution in [0.3, 0.4) is 0 Å². The molecule has 0 aromatic carbocycles. The molecule has 0 radical (unpaired) electrons. The number of nitrogens with zero attached hydrogens (tertiary/aromatic N) is 1. The Bertz CT molecular complexity index is 286. The minimum Gasteiger partial charge on any atom is -0.480 e. The number of carbonyl (C=O) groups is 1. The highest BCUT2D eigenvalue weighted by Crippen LogP contribution is 2.04. The predicted molar refractivity (Wildman–Crippen MR) is 46.1 cm³/mol. The van der Waals surface area contributed by atoms with Crippen LogP contribution in [-0.2, 0) is 4.79 Å². The number of hydrogen-bond donors (Lipinski definition) is 4. The van der Waals surface area contributed by atoms with Crippen LogP contribution in [0.5, 0.6) is 0 Å². The first-order valence-corrected chi connectivity index (χ1v) is 3.97. The van der Waals surface area contributed by atoms with E-state index in [0.29, 0.717) is 12.5 Å². The molecule has 70 valence electrons. The van der Waals surface area contributed by atoms with Crippen LogP contribution >= 0.6 is 0 Å². The third-order valence-electron chi connectivity index (χ3n) is 2.04. The summed E-state index contributed by atoms with van der Waals surface area (Å²) in [7, 11) is 0. The van der Waals surface area contributed by atoms with Gasteiger partial charge in [0.15, 0.2) is 0 Å². The molecule has 2 aliphatic heterocycles. The van der Waals surface area contributed by atoms with Gasteiger partial charge in [-0.05, 0) is 0 Å². The van der Waals surface area contributed by atoms with Gasteiger partial charge in [0, 0.05) is 12.4 Å². The Hall–Kier alpha value is -1.56. The number of nitrogens with one attached hydrogen (secondary N) is 3. The number of rotatable bonds is 1. The molecule has 2 unspecified atom stereocenters. The number of fused-ring (bicyclic) bond motifs is 1. The molecular formula is C7H10N4O2. The van der Waals surface area contributed by atoms with Crippen molar-refractivity contribution < 1.29 is 9.90 Å². The Kier molecular flexibility index (Phi) is 1.90. The van der Waals surface area contributed by atoms with Gasteiger partial charge in [-0.3, -0.25) is 15.1 Å². The summed E-state index contributed by atoms with van der Waals surface area (Å²) >= 11 is 0. The maximum absolute atomic E-state index is 10.8. The minimum absolute atomic E-state index is 0.295. The first-order chi connectivity index (χ1) is 6.29. The lowest BCUT2D eigenvalue weighted by Gasteiger charge is -2.32. The van der Waals surface area contributed by atoms with Crippen LogP contribution in [0.4, 0.5) is 0 Å². The van der Waals surface area contributed by atoms with Crippen molar-refractivity contribution in [3.63, 3.8) is 0 Å². The molecule has 0 aromatic rings. The highest BCUT2D eigenvalue weighted by Gasteiger charge is 2.34. The van der Waals surface area contributed by atoms with Gasteiger partial charge in [-0.2, -0.15) is 0 Å².